The molecule has 0 N–H and O–H groups in total. The number of nitrogens with zero attached hydrogens (tertiary/aromatic N) is 2. The maximum Gasteiger partial charge on any atom is 0.219 e. The van der Waals surface area contributed by atoms with Crippen LogP contribution in [-0.4, -0.2) is 12.8 Å². The number of aromatic nitrogens is 1. The van der Waals surface area contributed by atoms with Gasteiger partial charge in [-0.2, -0.15) is 4.57 Å². The molecule has 0 bridgehead atoms. The third-order valence-corrected chi connectivity index (χ3v) is 10.4. The van der Waals surface area contributed by atoms with Crippen molar-refractivity contribution >= 4 is 34.3 Å². The molecule has 1 aromatic heterocycles. The molecule has 0 atom stereocenters. The van der Waals surface area contributed by atoms with E-state index < -0.39 is 0 Å². The first kappa shape index (κ1) is 33.1. The number of carbonyl (C=O) groups is 1. The van der Waals surface area contributed by atoms with Crippen molar-refractivity contribution in [2.75, 3.05) is 11.9 Å². The molecule has 0 radical (unpaired) electrons. The van der Waals surface area contributed by atoms with Crippen LogP contribution in [0.5, 0.6) is 0 Å². The number of fused-ring (bicyclic) bond motifs is 1. The Labute approximate surface area is 310 Å². The molecule has 4 heteroatoms. The van der Waals surface area contributed by atoms with E-state index in [2.05, 4.69) is 134 Å². The van der Waals surface area contributed by atoms with E-state index in [0.717, 1.165) is 50.6 Å². The van der Waals surface area contributed by atoms with Gasteiger partial charge in [0.15, 0.2) is 5.78 Å². The highest BCUT2D eigenvalue weighted by molar-refractivity contribution is 6.32. The van der Waals surface area contributed by atoms with Gasteiger partial charge >= 0.3 is 0 Å². The number of benzene rings is 5. The summed E-state index contributed by atoms with van der Waals surface area (Å²) in [4.78, 5) is 16.7. The number of halogens is 1. The Bertz CT molecular complexity index is 2380. The summed E-state index contributed by atoms with van der Waals surface area (Å²) in [5, 5.41) is 0.697. The summed E-state index contributed by atoms with van der Waals surface area (Å²) >= 11 is 6.33. The van der Waals surface area contributed by atoms with Crippen molar-refractivity contribution in [1.82, 2.24) is 0 Å². The zero-order valence-electron chi connectivity index (χ0n) is 29.4. The molecule has 0 amide bonds. The van der Waals surface area contributed by atoms with Gasteiger partial charge in [-0.3, -0.25) is 4.79 Å². The predicted octanol–water partition coefficient (Wildman–Crippen LogP) is 11.4. The number of hydrogen-bond donors (Lipinski definition) is 0. The number of rotatable bonds is 6. The van der Waals surface area contributed by atoms with E-state index in [1.165, 1.54) is 11.3 Å². The Morgan fingerprint density at radius 1 is 0.596 bits per heavy atom. The van der Waals surface area contributed by atoms with Crippen molar-refractivity contribution in [2.45, 2.75) is 19.3 Å². The Hall–Kier alpha value is -6.03. The maximum atomic E-state index is 14.5. The number of hydrogen-bond acceptors (Lipinski definition) is 2. The summed E-state index contributed by atoms with van der Waals surface area (Å²) in [6.07, 6.45) is 8.22. The number of para-hydroxylation sites is 1. The molecule has 0 saturated carbocycles. The number of allylic oxidation sites excluding steroid dienone is 8. The minimum Gasteiger partial charge on any atom is -0.347 e. The molecule has 52 heavy (non-hydrogen) atoms. The first-order valence-corrected chi connectivity index (χ1v) is 17.9. The Balaban J connectivity index is 1.39. The van der Waals surface area contributed by atoms with Crippen molar-refractivity contribution < 1.29 is 9.36 Å². The highest BCUT2D eigenvalue weighted by Crippen LogP contribution is 2.46. The van der Waals surface area contributed by atoms with Crippen molar-refractivity contribution in [1.29, 1.82) is 0 Å². The largest absolute Gasteiger partial charge is 0.347 e. The third-order valence-electron chi connectivity index (χ3n) is 10.2. The fourth-order valence-electron chi connectivity index (χ4n) is 7.52. The van der Waals surface area contributed by atoms with Gasteiger partial charge in [-0.05, 0) is 76.9 Å². The second-order valence-electron chi connectivity index (χ2n) is 13.8. The van der Waals surface area contributed by atoms with Crippen LogP contribution >= 0.6 is 11.6 Å². The summed E-state index contributed by atoms with van der Waals surface area (Å²) in [5.41, 5.74) is 12.7. The molecular formula is C48H38ClN2O+. The summed E-state index contributed by atoms with van der Waals surface area (Å²) in [7, 11) is 2.10. The summed E-state index contributed by atoms with van der Waals surface area (Å²) in [6.45, 7) is 4.49. The van der Waals surface area contributed by atoms with E-state index in [-0.39, 0.29) is 11.2 Å². The molecule has 1 aliphatic heterocycles. The van der Waals surface area contributed by atoms with E-state index >= 15 is 0 Å². The molecule has 0 unspecified atom stereocenters. The van der Waals surface area contributed by atoms with Crippen LogP contribution in [0.25, 0.3) is 44.9 Å². The minimum atomic E-state index is -0.224. The van der Waals surface area contributed by atoms with Crippen molar-refractivity contribution in [3.8, 4) is 33.6 Å². The van der Waals surface area contributed by atoms with E-state index in [0.29, 0.717) is 16.2 Å². The Kier molecular flexibility index (Phi) is 8.66. The quantitative estimate of drug-likeness (QED) is 0.128. The molecule has 3 nitrogen and oxygen atoms in total. The van der Waals surface area contributed by atoms with Crippen LogP contribution in [0.15, 0.2) is 187 Å². The summed E-state index contributed by atoms with van der Waals surface area (Å²) in [6, 6.07) is 51.8. The molecular weight excluding hydrogens is 656 g/mol. The minimum absolute atomic E-state index is 0.0105. The lowest BCUT2D eigenvalue weighted by Crippen LogP contribution is -2.38. The highest BCUT2D eigenvalue weighted by atomic mass is 35.5. The second-order valence-corrected chi connectivity index (χ2v) is 14.2. The van der Waals surface area contributed by atoms with E-state index in [1.54, 1.807) is 0 Å². The molecule has 2 aliphatic rings. The van der Waals surface area contributed by atoms with Crippen molar-refractivity contribution in [3.63, 3.8) is 0 Å². The highest BCUT2D eigenvalue weighted by Gasteiger charge is 2.38. The van der Waals surface area contributed by atoms with Crippen LogP contribution in [0.1, 0.15) is 25.0 Å². The lowest BCUT2D eigenvalue weighted by Gasteiger charge is -2.24. The average molecular weight is 694 g/mol. The molecule has 0 saturated heterocycles. The van der Waals surface area contributed by atoms with Gasteiger partial charge in [0.2, 0.25) is 17.1 Å². The molecule has 252 valence electrons. The fourth-order valence-corrected chi connectivity index (χ4v) is 7.64. The molecule has 0 spiro atoms. The number of anilines is 1. The fraction of sp³-hybridized carbons (Fsp3) is 0.0833. The van der Waals surface area contributed by atoms with Crippen molar-refractivity contribution in [3.05, 3.63) is 203 Å². The second kappa shape index (κ2) is 13.6. The lowest BCUT2D eigenvalue weighted by atomic mass is 9.83. The number of Topliss-reactive ketones (excluding diaryl/α,β-unsaturated/α-hetero) is 1. The average Bonchev–Trinajstić information content (AvgIpc) is 3.38. The molecule has 1 aliphatic carbocycles. The predicted molar refractivity (Wildman–Crippen MR) is 216 cm³/mol. The van der Waals surface area contributed by atoms with Gasteiger partial charge < -0.3 is 4.90 Å². The van der Waals surface area contributed by atoms with Crippen LogP contribution in [0.4, 0.5) is 5.69 Å². The smallest absolute Gasteiger partial charge is 0.219 e. The number of likely N-dealkylation sites (N-methyl/N-ethyl adjacent to an activating group) is 1. The third kappa shape index (κ3) is 6.04. The van der Waals surface area contributed by atoms with Gasteiger partial charge in [0, 0.05) is 75.4 Å². The normalized spacial score (nSPS) is 16.5. The molecule has 6 aromatic rings. The monoisotopic (exact) mass is 693 g/mol. The topological polar surface area (TPSA) is 24.2 Å². The van der Waals surface area contributed by atoms with Crippen molar-refractivity contribution in [2.24, 2.45) is 0 Å². The first-order chi connectivity index (χ1) is 25.3. The zero-order chi connectivity index (χ0) is 35.8. The van der Waals surface area contributed by atoms with Crippen LogP contribution in [0, 0.1) is 0 Å². The molecule has 2 heterocycles. The van der Waals surface area contributed by atoms with E-state index in [1.807, 2.05) is 72.8 Å². The standard InChI is InChI=1S/C48H38ClN2O/c1-48(2)42-21-13-14-22-43(42)50(3)46(48)28-25-37-29-40(32-41(47(37)52)34-15-7-4-8-16-34)51-44(35-17-9-5-10-18-35)30-38(33-23-26-39(49)27-24-33)31-45(51)36-19-11-6-12-20-36/h4-32H,1-3H3/q+1/b37-25-,46-28-. The van der Waals surface area contributed by atoms with Crippen LogP contribution in [0.2, 0.25) is 5.02 Å². The Morgan fingerprint density at radius 3 is 1.71 bits per heavy atom. The van der Waals surface area contributed by atoms with Crippen LogP contribution in [0.3, 0.4) is 0 Å². The number of pyridine rings is 1. The van der Waals surface area contributed by atoms with Gasteiger partial charge in [0.05, 0.1) is 0 Å². The zero-order valence-corrected chi connectivity index (χ0v) is 30.2. The number of ketones is 1. The van der Waals surface area contributed by atoms with Gasteiger partial charge in [-0.1, -0.05) is 123 Å². The summed E-state index contributed by atoms with van der Waals surface area (Å²) < 4.78 is 2.29. The summed E-state index contributed by atoms with van der Waals surface area (Å²) in [5.74, 6) is -0.0105. The first-order valence-electron chi connectivity index (χ1n) is 17.6. The van der Waals surface area contributed by atoms with E-state index in [9.17, 15) is 4.79 Å². The molecule has 0 fully saturated rings. The van der Waals surface area contributed by atoms with E-state index in [4.69, 9.17) is 11.6 Å². The molecule has 8 rings (SSSR count). The van der Waals surface area contributed by atoms with Gasteiger partial charge in [-0.15, -0.1) is 0 Å². The Morgan fingerprint density at radius 2 is 1.13 bits per heavy atom. The van der Waals surface area contributed by atoms with Crippen LogP contribution < -0.4 is 9.47 Å². The van der Waals surface area contributed by atoms with Gasteiger partial charge in [0.1, 0.15) is 0 Å². The number of carbonyl (C=O) groups excluding carboxylic acids is 1. The van der Waals surface area contributed by atoms with Gasteiger partial charge in [-0.25, -0.2) is 0 Å². The van der Waals surface area contributed by atoms with Gasteiger partial charge in [0.25, 0.3) is 0 Å². The molecule has 5 aromatic carbocycles. The lowest BCUT2D eigenvalue weighted by molar-refractivity contribution is -0.554. The maximum absolute atomic E-state index is 14.5. The SMILES string of the molecule is CN1/C(=C\C=C2\C=C([n+]3c(-c4ccccc4)cc(-c4ccc(Cl)cc4)cc3-c3ccccc3)C=C(c3ccccc3)C2=O)C(C)(C)c2ccccc21. The van der Waals surface area contributed by atoms with Crippen LogP contribution in [-0.2, 0) is 10.2 Å².